The van der Waals surface area contributed by atoms with Crippen LogP contribution in [0.15, 0.2) is 271 Å². The van der Waals surface area contributed by atoms with Gasteiger partial charge in [-0.25, -0.2) is 0 Å². The standard InChI is InChI=1S/C82H53BN2OS2/c1-82(2,3)55-42-62(52-26-16-24-50(38-52)48-20-6-4-7-21-48)79(63(43-55)53-27-17-25-51(39-53)49-22-8-5-9-23-49)85-70-45-66-59-30-12-14-36-75(59)87-77(66)46-68(70)83-67-34-19-32-60-64-44-65-57-28-10-13-35-73(57)86-74(65)47-69(64)84(80(60)67)71-40-54(41-72(85)78(71)83)56-31-18-33-61-58-29-11-15-37-76(58)88-81(56)61/h4-47H,1-3H3. The SMILES string of the molecule is CC(C)(C)c1cc(-c2cccc(-c3ccccc3)c2)c(N2c3cc4c(cc3B3c5c2cc(-c2cccc6c2sc2ccccc26)cc5-n2c5cc6oc7ccccc7c6cc5c5cccc3c52)sc2ccccc24)c(-c2cccc(-c3ccccc3)c2)c1. The zero-order valence-electron chi connectivity index (χ0n) is 48.6. The number of benzene rings is 13. The number of thiophene rings is 2. The first-order valence-electron chi connectivity index (χ1n) is 30.5. The molecule has 3 nitrogen and oxygen atoms in total. The Labute approximate surface area is 517 Å². The fourth-order valence-corrected chi connectivity index (χ4v) is 17.4. The van der Waals surface area contributed by atoms with Crippen LogP contribution in [0.5, 0.6) is 0 Å². The number of nitrogens with zero attached hydrogens (tertiary/aromatic N) is 2. The van der Waals surface area contributed by atoms with E-state index in [0.29, 0.717) is 0 Å². The lowest BCUT2D eigenvalue weighted by Crippen LogP contribution is -2.60. The van der Waals surface area contributed by atoms with E-state index in [9.17, 15) is 0 Å². The van der Waals surface area contributed by atoms with Gasteiger partial charge in [0.05, 0.1) is 11.2 Å². The molecular weight excluding hydrogens is 1100 g/mol. The number of fused-ring (bicyclic) bond motifs is 16. The van der Waals surface area contributed by atoms with Gasteiger partial charge in [0.25, 0.3) is 6.71 Å². The molecule has 0 radical (unpaired) electrons. The number of anilines is 3. The highest BCUT2D eigenvalue weighted by atomic mass is 32.1. The molecule has 19 rings (SSSR count). The second-order valence-electron chi connectivity index (χ2n) is 25.1. The van der Waals surface area contributed by atoms with Crippen molar-refractivity contribution in [3.05, 3.63) is 272 Å². The van der Waals surface area contributed by atoms with Crippen LogP contribution in [0.3, 0.4) is 0 Å². The Morgan fingerprint density at radius 3 is 1.65 bits per heavy atom. The molecule has 6 heterocycles. The van der Waals surface area contributed by atoms with Gasteiger partial charge in [-0.15, -0.1) is 22.7 Å². The van der Waals surface area contributed by atoms with Gasteiger partial charge in [0.2, 0.25) is 0 Å². The van der Waals surface area contributed by atoms with Crippen molar-refractivity contribution in [1.82, 2.24) is 4.57 Å². The van der Waals surface area contributed by atoms with E-state index in [4.69, 9.17) is 4.42 Å². The number of para-hydroxylation sites is 2. The topological polar surface area (TPSA) is 21.3 Å². The summed E-state index contributed by atoms with van der Waals surface area (Å²) in [5.74, 6) is 0. The molecule has 0 bridgehead atoms. The van der Waals surface area contributed by atoms with E-state index in [0.717, 1.165) is 44.3 Å². The van der Waals surface area contributed by atoms with Gasteiger partial charge < -0.3 is 13.9 Å². The van der Waals surface area contributed by atoms with Crippen LogP contribution in [0, 0.1) is 0 Å². The Morgan fingerprint density at radius 1 is 0.352 bits per heavy atom. The Bertz CT molecular complexity index is 5710. The maximum absolute atomic E-state index is 6.82. The van der Waals surface area contributed by atoms with Gasteiger partial charge in [0.1, 0.15) is 11.2 Å². The first-order valence-corrected chi connectivity index (χ1v) is 32.1. The van der Waals surface area contributed by atoms with Gasteiger partial charge >= 0.3 is 0 Å². The number of hydrogen-bond acceptors (Lipinski definition) is 4. The Kier molecular flexibility index (Phi) is 10.6. The average molecular weight is 1160 g/mol. The first kappa shape index (κ1) is 50.0. The summed E-state index contributed by atoms with van der Waals surface area (Å²) >= 11 is 3.80. The molecule has 0 N–H and O–H groups in total. The van der Waals surface area contributed by atoms with E-state index in [1.165, 1.54) is 140 Å². The van der Waals surface area contributed by atoms with Crippen LogP contribution in [-0.4, -0.2) is 11.3 Å². The van der Waals surface area contributed by atoms with E-state index in [-0.39, 0.29) is 12.1 Å². The van der Waals surface area contributed by atoms with Crippen molar-refractivity contribution in [2.24, 2.45) is 0 Å². The van der Waals surface area contributed by atoms with E-state index in [1.807, 2.05) is 22.7 Å². The third-order valence-corrected chi connectivity index (χ3v) is 21.4. The number of furan rings is 1. The predicted octanol–water partition coefficient (Wildman–Crippen LogP) is 21.7. The quantitative estimate of drug-likeness (QED) is 0.155. The minimum Gasteiger partial charge on any atom is -0.456 e. The maximum atomic E-state index is 6.82. The second kappa shape index (κ2) is 18.6. The van der Waals surface area contributed by atoms with Crippen LogP contribution in [0.25, 0.3) is 145 Å². The molecule has 0 saturated carbocycles. The largest absolute Gasteiger partial charge is 0.456 e. The number of hydrogen-bond donors (Lipinski definition) is 0. The molecule has 13 aromatic carbocycles. The average Bonchev–Trinajstić information content (AvgIpc) is 1.24. The van der Waals surface area contributed by atoms with Crippen LogP contribution >= 0.6 is 22.7 Å². The van der Waals surface area contributed by atoms with Crippen molar-refractivity contribution < 1.29 is 4.42 Å². The second-order valence-corrected chi connectivity index (χ2v) is 27.2. The molecular formula is C82H53BN2OS2. The molecule has 0 saturated heterocycles. The lowest BCUT2D eigenvalue weighted by molar-refractivity contribution is 0.591. The predicted molar refractivity (Wildman–Crippen MR) is 379 cm³/mol. The molecule has 17 aromatic rings. The van der Waals surface area contributed by atoms with Crippen molar-refractivity contribution in [2.45, 2.75) is 26.2 Å². The highest BCUT2D eigenvalue weighted by Crippen LogP contribution is 2.54. The van der Waals surface area contributed by atoms with Gasteiger partial charge in [0.15, 0.2) is 0 Å². The Balaban J connectivity index is 1.01. The molecule has 2 aliphatic heterocycles. The van der Waals surface area contributed by atoms with Crippen LogP contribution in [0.2, 0.25) is 0 Å². The summed E-state index contributed by atoms with van der Waals surface area (Å²) in [7, 11) is 0. The molecule has 0 aliphatic carbocycles. The highest BCUT2D eigenvalue weighted by Gasteiger charge is 2.44. The fourth-order valence-electron chi connectivity index (χ4n) is 15.0. The lowest BCUT2D eigenvalue weighted by atomic mass is 9.33. The summed E-state index contributed by atoms with van der Waals surface area (Å²) in [6, 6.07) is 101. The van der Waals surface area contributed by atoms with Crippen LogP contribution in [0.4, 0.5) is 17.1 Å². The van der Waals surface area contributed by atoms with Crippen molar-refractivity contribution in [2.75, 3.05) is 4.90 Å². The lowest BCUT2D eigenvalue weighted by Gasteiger charge is -2.42. The summed E-state index contributed by atoms with van der Waals surface area (Å²) in [4.78, 5) is 2.74. The molecule has 2 aliphatic rings. The molecule has 0 spiro atoms. The summed E-state index contributed by atoms with van der Waals surface area (Å²) in [6.07, 6.45) is 0. The minimum atomic E-state index is -0.208. The maximum Gasteiger partial charge on any atom is 0.252 e. The van der Waals surface area contributed by atoms with Crippen molar-refractivity contribution in [3.8, 4) is 61.3 Å². The molecule has 0 atom stereocenters. The molecule has 0 amide bonds. The van der Waals surface area contributed by atoms with Gasteiger partial charge in [0, 0.05) is 102 Å². The van der Waals surface area contributed by atoms with E-state index in [2.05, 4.69) is 297 Å². The van der Waals surface area contributed by atoms with Gasteiger partial charge in [-0.05, 0) is 145 Å². The molecule has 0 fully saturated rings. The van der Waals surface area contributed by atoms with Crippen LogP contribution in [0.1, 0.15) is 26.3 Å². The van der Waals surface area contributed by atoms with Crippen molar-refractivity contribution in [1.29, 1.82) is 0 Å². The number of aromatic nitrogens is 1. The normalized spacial score (nSPS) is 12.9. The summed E-state index contributed by atoms with van der Waals surface area (Å²) < 4.78 is 14.6. The van der Waals surface area contributed by atoms with E-state index < -0.39 is 0 Å². The van der Waals surface area contributed by atoms with Gasteiger partial charge in [-0.3, -0.25) is 0 Å². The fraction of sp³-hybridized carbons (Fsp3) is 0.0488. The summed E-state index contributed by atoms with van der Waals surface area (Å²) in [6.45, 7) is 6.97. The summed E-state index contributed by atoms with van der Waals surface area (Å²) in [5, 5.41) is 9.84. The Morgan fingerprint density at radius 2 is 0.932 bits per heavy atom. The van der Waals surface area contributed by atoms with Crippen LogP contribution in [-0.2, 0) is 5.41 Å². The molecule has 412 valence electrons. The van der Waals surface area contributed by atoms with Crippen molar-refractivity contribution >= 4 is 147 Å². The Hall–Kier alpha value is -10.2. The first-order chi connectivity index (χ1) is 43.3. The summed E-state index contributed by atoms with van der Waals surface area (Å²) in [5.41, 5.74) is 25.6. The molecule has 88 heavy (non-hydrogen) atoms. The molecule has 4 aromatic heterocycles. The zero-order chi connectivity index (χ0) is 58.1. The van der Waals surface area contributed by atoms with Crippen LogP contribution < -0.4 is 21.3 Å². The zero-order valence-corrected chi connectivity index (χ0v) is 50.2. The van der Waals surface area contributed by atoms with Crippen molar-refractivity contribution in [3.63, 3.8) is 0 Å². The number of rotatable bonds is 6. The minimum absolute atomic E-state index is 0.118. The monoisotopic (exact) mass is 1160 g/mol. The van der Waals surface area contributed by atoms with Gasteiger partial charge in [-0.1, -0.05) is 209 Å². The van der Waals surface area contributed by atoms with E-state index in [1.54, 1.807) is 0 Å². The van der Waals surface area contributed by atoms with E-state index >= 15 is 0 Å². The highest BCUT2D eigenvalue weighted by molar-refractivity contribution is 7.26. The van der Waals surface area contributed by atoms with Gasteiger partial charge in [-0.2, -0.15) is 0 Å². The third kappa shape index (κ3) is 7.31. The molecule has 0 unspecified atom stereocenters. The molecule has 6 heteroatoms. The smallest absolute Gasteiger partial charge is 0.252 e. The third-order valence-electron chi connectivity index (χ3n) is 19.1.